The van der Waals surface area contributed by atoms with Crippen LogP contribution in [0.2, 0.25) is 0 Å². The Balaban J connectivity index is 3.54. The van der Waals surface area contributed by atoms with Crippen molar-refractivity contribution in [3.63, 3.8) is 0 Å². The lowest BCUT2D eigenvalue weighted by Gasteiger charge is -2.03. The first-order chi connectivity index (χ1) is 7.48. The average molecular weight is 250 g/mol. The normalized spacial score (nSPS) is 11.6. The Kier molecular flexibility index (Phi) is 8.25. The van der Waals surface area contributed by atoms with Crippen molar-refractivity contribution in [1.82, 2.24) is 0 Å². The van der Waals surface area contributed by atoms with Gasteiger partial charge in [-0.3, -0.25) is 4.79 Å². The van der Waals surface area contributed by atoms with E-state index in [1.54, 1.807) is 0 Å². The fourth-order valence-electron chi connectivity index (χ4n) is 1.45. The van der Waals surface area contributed by atoms with E-state index in [1.807, 2.05) is 6.92 Å². The van der Waals surface area contributed by atoms with Gasteiger partial charge in [0.05, 0.1) is 11.5 Å². The first-order valence-electron chi connectivity index (χ1n) is 5.90. The molecule has 1 N–H and O–H groups in total. The van der Waals surface area contributed by atoms with Crippen LogP contribution in [0.15, 0.2) is 0 Å². The summed E-state index contributed by atoms with van der Waals surface area (Å²) in [4.78, 5) is 10.2. The molecule has 0 aliphatic carbocycles. The Bertz CT molecular complexity index is 282. The highest BCUT2D eigenvalue weighted by Crippen LogP contribution is 2.06. The number of carboxylic acid groups (broad SMARTS) is 1. The lowest BCUT2D eigenvalue weighted by atomic mass is 10.2. The summed E-state index contributed by atoms with van der Waals surface area (Å²) in [7, 11) is -2.90. The number of carboxylic acids is 1. The maximum Gasteiger partial charge on any atom is 0.303 e. The summed E-state index contributed by atoms with van der Waals surface area (Å²) in [6.07, 6.45) is 4.69. The summed E-state index contributed by atoms with van der Waals surface area (Å²) in [6.45, 7) is 2.04. The molecule has 0 aromatic carbocycles. The van der Waals surface area contributed by atoms with Crippen molar-refractivity contribution in [3.05, 3.63) is 0 Å². The molecular formula is C11H22O4S. The molecule has 0 aliphatic heterocycles. The molecule has 0 unspecified atom stereocenters. The Labute approximate surface area is 98.0 Å². The third kappa shape index (κ3) is 9.96. The smallest absolute Gasteiger partial charge is 0.303 e. The van der Waals surface area contributed by atoms with E-state index in [0.717, 1.165) is 19.3 Å². The maximum atomic E-state index is 11.5. The Morgan fingerprint density at radius 2 is 1.56 bits per heavy atom. The Morgan fingerprint density at radius 3 is 2.06 bits per heavy atom. The van der Waals surface area contributed by atoms with Crippen LogP contribution >= 0.6 is 0 Å². The molecular weight excluding hydrogens is 228 g/mol. The van der Waals surface area contributed by atoms with E-state index in [4.69, 9.17) is 5.11 Å². The van der Waals surface area contributed by atoms with Crippen LogP contribution in [0.4, 0.5) is 0 Å². The fourth-order valence-corrected chi connectivity index (χ4v) is 2.94. The second kappa shape index (κ2) is 8.56. The van der Waals surface area contributed by atoms with Gasteiger partial charge in [-0.05, 0) is 19.3 Å². The molecule has 4 nitrogen and oxygen atoms in total. The van der Waals surface area contributed by atoms with Crippen LogP contribution in [0.3, 0.4) is 0 Å². The molecule has 0 fully saturated rings. The minimum absolute atomic E-state index is 0.135. The molecule has 0 bridgehead atoms. The van der Waals surface area contributed by atoms with Crippen molar-refractivity contribution >= 4 is 15.8 Å². The first-order valence-corrected chi connectivity index (χ1v) is 7.72. The molecule has 5 heteroatoms. The topological polar surface area (TPSA) is 71.4 Å². The van der Waals surface area contributed by atoms with Gasteiger partial charge in [-0.1, -0.05) is 26.2 Å². The minimum Gasteiger partial charge on any atom is -0.481 e. The number of hydrogen-bond donors (Lipinski definition) is 1. The SMILES string of the molecule is CCCCCS(=O)(=O)CCCCCC(=O)O. The summed E-state index contributed by atoms with van der Waals surface area (Å²) >= 11 is 0. The predicted octanol–water partition coefficient (Wildman–Crippen LogP) is 2.24. The van der Waals surface area contributed by atoms with Gasteiger partial charge < -0.3 is 5.11 Å². The van der Waals surface area contributed by atoms with Crippen LogP contribution in [0, 0.1) is 0 Å². The molecule has 0 rings (SSSR count). The van der Waals surface area contributed by atoms with Crippen molar-refractivity contribution in [1.29, 1.82) is 0 Å². The summed E-state index contributed by atoms with van der Waals surface area (Å²) in [5.74, 6) is -0.332. The number of rotatable bonds is 10. The van der Waals surface area contributed by atoms with Gasteiger partial charge in [0.1, 0.15) is 9.84 Å². The highest BCUT2D eigenvalue weighted by Gasteiger charge is 2.09. The van der Waals surface area contributed by atoms with Gasteiger partial charge in [0.2, 0.25) is 0 Å². The lowest BCUT2D eigenvalue weighted by Crippen LogP contribution is -2.11. The van der Waals surface area contributed by atoms with Crippen LogP contribution in [-0.4, -0.2) is 31.0 Å². The molecule has 0 atom stereocenters. The molecule has 0 spiro atoms. The van der Waals surface area contributed by atoms with Crippen LogP contribution in [0.1, 0.15) is 51.9 Å². The summed E-state index contributed by atoms with van der Waals surface area (Å²) in [6, 6.07) is 0. The van der Waals surface area contributed by atoms with Crippen molar-refractivity contribution in [3.8, 4) is 0 Å². The van der Waals surface area contributed by atoms with Gasteiger partial charge >= 0.3 is 5.97 Å². The average Bonchev–Trinajstić information content (AvgIpc) is 2.16. The predicted molar refractivity (Wildman–Crippen MR) is 64.3 cm³/mol. The number of sulfone groups is 1. The van der Waals surface area contributed by atoms with E-state index in [-0.39, 0.29) is 17.9 Å². The van der Waals surface area contributed by atoms with Gasteiger partial charge in [-0.25, -0.2) is 8.42 Å². The van der Waals surface area contributed by atoms with Gasteiger partial charge in [0.25, 0.3) is 0 Å². The molecule has 0 saturated heterocycles. The number of aliphatic carboxylic acids is 1. The van der Waals surface area contributed by atoms with Crippen LogP contribution in [0.25, 0.3) is 0 Å². The van der Waals surface area contributed by atoms with E-state index in [9.17, 15) is 13.2 Å². The van der Waals surface area contributed by atoms with Crippen molar-refractivity contribution in [2.45, 2.75) is 51.9 Å². The molecule has 96 valence electrons. The zero-order valence-electron chi connectivity index (χ0n) is 9.94. The quantitative estimate of drug-likeness (QED) is 0.603. The van der Waals surface area contributed by atoms with Crippen LogP contribution in [0.5, 0.6) is 0 Å². The first kappa shape index (κ1) is 15.4. The molecule has 0 aliphatic rings. The summed E-state index contributed by atoms with van der Waals surface area (Å²) in [5.41, 5.74) is 0. The van der Waals surface area contributed by atoms with Crippen molar-refractivity contribution in [2.24, 2.45) is 0 Å². The largest absolute Gasteiger partial charge is 0.481 e. The van der Waals surface area contributed by atoms with E-state index < -0.39 is 15.8 Å². The fraction of sp³-hybridized carbons (Fsp3) is 0.909. The van der Waals surface area contributed by atoms with E-state index in [2.05, 4.69) is 0 Å². The van der Waals surface area contributed by atoms with Crippen LogP contribution in [-0.2, 0) is 14.6 Å². The highest BCUT2D eigenvalue weighted by atomic mass is 32.2. The standard InChI is InChI=1S/C11H22O4S/c1-2-3-6-9-16(14,15)10-7-4-5-8-11(12)13/h2-10H2,1H3,(H,12,13). The summed E-state index contributed by atoms with van der Waals surface area (Å²) < 4.78 is 23.0. The molecule has 0 radical (unpaired) electrons. The van der Waals surface area contributed by atoms with Gasteiger partial charge in [-0.2, -0.15) is 0 Å². The van der Waals surface area contributed by atoms with E-state index >= 15 is 0 Å². The molecule has 0 saturated carbocycles. The number of carbonyl (C=O) groups is 1. The van der Waals surface area contributed by atoms with Gasteiger partial charge in [0.15, 0.2) is 0 Å². The van der Waals surface area contributed by atoms with E-state index in [0.29, 0.717) is 19.3 Å². The van der Waals surface area contributed by atoms with Crippen molar-refractivity contribution < 1.29 is 18.3 Å². The number of hydrogen-bond acceptors (Lipinski definition) is 3. The van der Waals surface area contributed by atoms with Crippen molar-refractivity contribution in [2.75, 3.05) is 11.5 Å². The van der Waals surface area contributed by atoms with Crippen LogP contribution < -0.4 is 0 Å². The third-order valence-corrected chi connectivity index (χ3v) is 4.23. The number of unbranched alkanes of at least 4 members (excludes halogenated alkanes) is 4. The zero-order valence-corrected chi connectivity index (χ0v) is 10.8. The van der Waals surface area contributed by atoms with E-state index in [1.165, 1.54) is 0 Å². The molecule has 0 aromatic heterocycles. The maximum absolute atomic E-state index is 11.5. The van der Waals surface area contributed by atoms with Gasteiger partial charge in [-0.15, -0.1) is 0 Å². The minimum atomic E-state index is -2.90. The van der Waals surface area contributed by atoms with Gasteiger partial charge in [0, 0.05) is 6.42 Å². The second-order valence-electron chi connectivity index (χ2n) is 4.06. The third-order valence-electron chi connectivity index (χ3n) is 2.40. The molecule has 16 heavy (non-hydrogen) atoms. The monoisotopic (exact) mass is 250 g/mol. The molecule has 0 heterocycles. The zero-order chi connectivity index (χ0) is 12.4. The Morgan fingerprint density at radius 1 is 1.00 bits per heavy atom. The molecule has 0 amide bonds. The summed E-state index contributed by atoms with van der Waals surface area (Å²) in [5, 5.41) is 8.40. The second-order valence-corrected chi connectivity index (χ2v) is 6.37. The molecule has 0 aromatic rings. The highest BCUT2D eigenvalue weighted by molar-refractivity contribution is 7.91. The Hall–Kier alpha value is -0.580. The lowest BCUT2D eigenvalue weighted by molar-refractivity contribution is -0.137.